The van der Waals surface area contributed by atoms with E-state index < -0.39 is 15.6 Å². The molecule has 1 fully saturated rings. The van der Waals surface area contributed by atoms with Gasteiger partial charge in [-0.15, -0.1) is 0 Å². The number of hydrogen-bond acceptors (Lipinski definition) is 3. The van der Waals surface area contributed by atoms with Gasteiger partial charge in [-0.1, -0.05) is 26.2 Å². The van der Waals surface area contributed by atoms with E-state index in [0.29, 0.717) is 0 Å². The lowest BCUT2D eigenvalue weighted by Crippen LogP contribution is -2.41. The van der Waals surface area contributed by atoms with Crippen LogP contribution in [0.5, 0.6) is 0 Å². The average molecular weight is 333 g/mol. The molecular formula is C13H26F3NO3S. The molecule has 0 unspecified atom stereocenters. The average Bonchev–Trinajstić information content (AvgIpc) is 2.74. The summed E-state index contributed by atoms with van der Waals surface area (Å²) in [5, 5.41) is 0. The Bertz CT molecular complexity index is 377. The van der Waals surface area contributed by atoms with Crippen LogP contribution in [0.15, 0.2) is 0 Å². The van der Waals surface area contributed by atoms with Gasteiger partial charge in [0.25, 0.3) is 0 Å². The predicted octanol–water partition coefficient (Wildman–Crippen LogP) is 3.25. The molecule has 4 nitrogen and oxygen atoms in total. The maximum atomic E-state index is 10.7. The standard InChI is InChI=1S/C12H26N.CHF3O3S/c1-3-4-5-6-7-10-13(2)11-8-9-12-13;2-1(3,4)8(5,6)7/h3-12H2,1-2H3;(H,5,6,7)/q+1;/p-1. The van der Waals surface area contributed by atoms with Crippen LogP contribution < -0.4 is 0 Å². The Morgan fingerprint density at radius 2 is 1.48 bits per heavy atom. The van der Waals surface area contributed by atoms with Gasteiger partial charge in [0, 0.05) is 12.8 Å². The summed E-state index contributed by atoms with van der Waals surface area (Å²) in [6.07, 6.45) is 10.1. The molecule has 0 bridgehead atoms. The number of likely N-dealkylation sites (tertiary alicyclic amines) is 1. The number of rotatable bonds is 6. The predicted molar refractivity (Wildman–Crippen MR) is 74.5 cm³/mol. The van der Waals surface area contributed by atoms with E-state index >= 15 is 0 Å². The first-order chi connectivity index (χ1) is 9.52. The minimum absolute atomic E-state index is 1.37. The van der Waals surface area contributed by atoms with Gasteiger partial charge in [0.1, 0.15) is 0 Å². The van der Waals surface area contributed by atoms with Gasteiger partial charge in [-0.25, -0.2) is 8.42 Å². The molecule has 1 aliphatic heterocycles. The maximum absolute atomic E-state index is 10.7. The summed E-state index contributed by atoms with van der Waals surface area (Å²) in [5.74, 6) is 0. The second-order valence-electron chi connectivity index (χ2n) is 5.81. The quantitative estimate of drug-likeness (QED) is 0.324. The highest BCUT2D eigenvalue weighted by Crippen LogP contribution is 2.20. The molecule has 128 valence electrons. The third-order valence-corrected chi connectivity index (χ3v) is 4.30. The molecule has 8 heteroatoms. The van der Waals surface area contributed by atoms with Gasteiger partial charge in [-0.3, -0.25) is 0 Å². The number of unbranched alkanes of at least 4 members (excludes halogenated alkanes) is 4. The highest BCUT2D eigenvalue weighted by atomic mass is 32.2. The highest BCUT2D eigenvalue weighted by Gasteiger charge is 2.36. The van der Waals surface area contributed by atoms with E-state index in [1.165, 1.54) is 69.1 Å². The second-order valence-corrected chi connectivity index (χ2v) is 7.18. The van der Waals surface area contributed by atoms with Gasteiger partial charge >= 0.3 is 5.51 Å². The fourth-order valence-corrected chi connectivity index (χ4v) is 2.42. The molecule has 1 heterocycles. The van der Waals surface area contributed by atoms with Crippen molar-refractivity contribution in [1.29, 1.82) is 0 Å². The summed E-state index contributed by atoms with van der Waals surface area (Å²) >= 11 is 0. The summed E-state index contributed by atoms with van der Waals surface area (Å²) < 4.78 is 60.3. The Morgan fingerprint density at radius 1 is 1.05 bits per heavy atom. The topological polar surface area (TPSA) is 57.2 Å². The van der Waals surface area contributed by atoms with Crippen LogP contribution in [-0.2, 0) is 10.1 Å². The minimum Gasteiger partial charge on any atom is -0.741 e. The minimum atomic E-state index is -6.09. The number of hydrogen-bond donors (Lipinski definition) is 0. The van der Waals surface area contributed by atoms with Crippen molar-refractivity contribution in [3.05, 3.63) is 0 Å². The first-order valence-electron chi connectivity index (χ1n) is 7.37. The molecule has 0 N–H and O–H groups in total. The van der Waals surface area contributed by atoms with E-state index in [1.807, 2.05) is 0 Å². The number of alkyl halides is 3. The molecule has 0 radical (unpaired) electrons. The molecule has 0 spiro atoms. The largest absolute Gasteiger partial charge is 0.741 e. The van der Waals surface area contributed by atoms with Crippen LogP contribution in [0, 0.1) is 0 Å². The molecule has 21 heavy (non-hydrogen) atoms. The van der Waals surface area contributed by atoms with Gasteiger partial charge in [0.05, 0.1) is 26.7 Å². The van der Waals surface area contributed by atoms with Gasteiger partial charge in [0.2, 0.25) is 0 Å². The van der Waals surface area contributed by atoms with Crippen LogP contribution in [0.25, 0.3) is 0 Å². The molecule has 0 aromatic carbocycles. The van der Waals surface area contributed by atoms with E-state index in [2.05, 4.69) is 14.0 Å². The summed E-state index contributed by atoms with van der Waals surface area (Å²) in [6.45, 7) is 6.60. The molecule has 1 saturated heterocycles. The van der Waals surface area contributed by atoms with Crippen molar-refractivity contribution in [3.8, 4) is 0 Å². The second kappa shape index (κ2) is 8.95. The smallest absolute Gasteiger partial charge is 0.485 e. The molecule has 0 aliphatic carbocycles. The summed E-state index contributed by atoms with van der Waals surface area (Å²) in [4.78, 5) is 0. The van der Waals surface area contributed by atoms with Gasteiger partial charge in [-0.2, -0.15) is 13.2 Å². The summed E-state index contributed by atoms with van der Waals surface area (Å²) in [5.41, 5.74) is -5.65. The fraction of sp³-hybridized carbons (Fsp3) is 1.00. The third kappa shape index (κ3) is 9.31. The van der Waals surface area contributed by atoms with Crippen LogP contribution in [0.4, 0.5) is 13.2 Å². The molecule has 0 saturated carbocycles. The van der Waals surface area contributed by atoms with E-state index in [0.717, 1.165) is 0 Å². The lowest BCUT2D eigenvalue weighted by atomic mass is 10.1. The molecule has 0 amide bonds. The molecule has 0 aromatic heterocycles. The van der Waals surface area contributed by atoms with Gasteiger partial charge < -0.3 is 9.04 Å². The summed E-state index contributed by atoms with van der Waals surface area (Å²) in [6, 6.07) is 0. The van der Waals surface area contributed by atoms with Crippen molar-refractivity contribution in [3.63, 3.8) is 0 Å². The molecular weight excluding hydrogens is 307 g/mol. The normalized spacial score (nSPS) is 18.2. The van der Waals surface area contributed by atoms with Crippen LogP contribution in [0.1, 0.15) is 51.9 Å². The molecule has 0 atom stereocenters. The SMILES string of the molecule is CCCCCCC[N+]1(C)CCCC1.O=S(=O)([O-])C(F)(F)F. The van der Waals surface area contributed by atoms with Crippen molar-refractivity contribution >= 4 is 10.1 Å². The Balaban J connectivity index is 0.000000433. The lowest BCUT2D eigenvalue weighted by Gasteiger charge is -2.29. The Hall–Kier alpha value is -0.340. The van der Waals surface area contributed by atoms with Crippen molar-refractivity contribution in [2.45, 2.75) is 57.4 Å². The Kier molecular flexibility index (Phi) is 8.80. The number of nitrogens with zero attached hydrogens (tertiary/aromatic N) is 1. The van der Waals surface area contributed by atoms with E-state index in [4.69, 9.17) is 13.0 Å². The summed E-state index contributed by atoms with van der Waals surface area (Å²) in [7, 11) is -3.65. The Labute approximate surface area is 125 Å². The van der Waals surface area contributed by atoms with Crippen molar-refractivity contribution in [1.82, 2.24) is 0 Å². The number of halogens is 3. The zero-order valence-electron chi connectivity index (χ0n) is 12.8. The Morgan fingerprint density at radius 3 is 1.86 bits per heavy atom. The van der Waals surface area contributed by atoms with Crippen LogP contribution in [-0.4, -0.2) is 49.6 Å². The first-order valence-corrected chi connectivity index (χ1v) is 8.78. The zero-order valence-corrected chi connectivity index (χ0v) is 13.6. The monoisotopic (exact) mass is 333 g/mol. The molecule has 1 aliphatic rings. The first kappa shape index (κ1) is 20.7. The highest BCUT2D eigenvalue weighted by molar-refractivity contribution is 7.86. The number of quaternary nitrogens is 1. The lowest BCUT2D eigenvalue weighted by molar-refractivity contribution is -0.897. The molecule has 1 rings (SSSR count). The van der Waals surface area contributed by atoms with Crippen molar-refractivity contribution < 1.29 is 30.6 Å². The van der Waals surface area contributed by atoms with Gasteiger partial charge in [0.15, 0.2) is 10.1 Å². The maximum Gasteiger partial charge on any atom is 0.485 e. The van der Waals surface area contributed by atoms with Crippen LogP contribution in [0.3, 0.4) is 0 Å². The fourth-order valence-electron chi connectivity index (χ4n) is 2.42. The van der Waals surface area contributed by atoms with Crippen molar-refractivity contribution in [2.24, 2.45) is 0 Å². The van der Waals surface area contributed by atoms with E-state index in [1.54, 1.807) is 0 Å². The zero-order chi connectivity index (χ0) is 16.6. The van der Waals surface area contributed by atoms with Crippen molar-refractivity contribution in [2.75, 3.05) is 26.7 Å². The van der Waals surface area contributed by atoms with Gasteiger partial charge in [-0.05, 0) is 12.8 Å². The van der Waals surface area contributed by atoms with E-state index in [-0.39, 0.29) is 0 Å². The third-order valence-electron chi connectivity index (χ3n) is 3.73. The molecule has 0 aromatic rings. The van der Waals surface area contributed by atoms with Crippen LogP contribution in [0.2, 0.25) is 0 Å². The van der Waals surface area contributed by atoms with Crippen LogP contribution >= 0.6 is 0 Å². The van der Waals surface area contributed by atoms with E-state index in [9.17, 15) is 13.2 Å².